The van der Waals surface area contributed by atoms with Gasteiger partial charge in [-0.05, 0) is 74.6 Å². The predicted octanol–water partition coefficient (Wildman–Crippen LogP) is 2.39. The first kappa shape index (κ1) is 29.1. The number of amides is 3. The maximum atomic E-state index is 13.0. The Morgan fingerprint density at radius 2 is 1.88 bits per heavy atom. The summed E-state index contributed by atoms with van der Waals surface area (Å²) in [5, 5.41) is 16.1. The van der Waals surface area contributed by atoms with Crippen molar-refractivity contribution < 1.29 is 33.8 Å². The number of hydrogen-bond donors (Lipinski definition) is 3. The molecule has 2 aromatic rings. The van der Waals surface area contributed by atoms with Crippen LogP contribution in [0.5, 0.6) is 5.75 Å². The van der Waals surface area contributed by atoms with E-state index in [0.29, 0.717) is 37.6 Å². The zero-order valence-corrected chi connectivity index (χ0v) is 24.3. The van der Waals surface area contributed by atoms with Crippen LogP contribution in [0.3, 0.4) is 0 Å². The minimum absolute atomic E-state index is 0.102. The number of aromatic nitrogens is 1. The van der Waals surface area contributed by atoms with Gasteiger partial charge in [-0.15, -0.1) is 0 Å². The number of carbonyl (C=O) groups excluding carboxylic acids is 4. The molecule has 0 spiro atoms. The van der Waals surface area contributed by atoms with E-state index in [9.17, 15) is 24.3 Å². The van der Waals surface area contributed by atoms with E-state index in [0.717, 1.165) is 18.4 Å². The van der Waals surface area contributed by atoms with Crippen LogP contribution in [0.4, 0.5) is 0 Å². The van der Waals surface area contributed by atoms with Crippen molar-refractivity contribution >= 4 is 23.7 Å². The fourth-order valence-electron chi connectivity index (χ4n) is 5.81. The molecule has 1 aromatic carbocycles. The Labute approximate surface area is 250 Å². The highest BCUT2D eigenvalue weighted by Gasteiger charge is 2.48. The van der Waals surface area contributed by atoms with Gasteiger partial charge in [-0.2, -0.15) is 0 Å². The predicted molar refractivity (Wildman–Crippen MR) is 154 cm³/mol. The molecule has 3 heterocycles. The van der Waals surface area contributed by atoms with Gasteiger partial charge in [0.2, 0.25) is 5.91 Å². The molecular formula is C32H38N4O7. The summed E-state index contributed by atoms with van der Waals surface area (Å²) in [6.45, 7) is 2.91. The molecule has 228 valence electrons. The second kappa shape index (κ2) is 11.9. The maximum absolute atomic E-state index is 13.0. The first-order valence-electron chi connectivity index (χ1n) is 15.2. The molecule has 0 radical (unpaired) electrons. The number of likely N-dealkylation sites (tertiary alicyclic amines) is 1. The van der Waals surface area contributed by atoms with Gasteiger partial charge in [0.15, 0.2) is 0 Å². The summed E-state index contributed by atoms with van der Waals surface area (Å²) in [4.78, 5) is 55.9. The lowest BCUT2D eigenvalue weighted by molar-refractivity contribution is -0.138. The molecule has 11 heteroatoms. The number of piperidine rings is 1. The molecule has 2 aliphatic carbocycles. The molecule has 3 amide bonds. The van der Waals surface area contributed by atoms with Gasteiger partial charge >= 0.3 is 5.97 Å². The summed E-state index contributed by atoms with van der Waals surface area (Å²) in [5.74, 6) is -0.628. The number of cyclic esters (lactones) is 1. The number of aliphatic hydroxyl groups is 1. The van der Waals surface area contributed by atoms with Crippen LogP contribution in [0.1, 0.15) is 85.5 Å². The molecule has 2 saturated heterocycles. The zero-order chi connectivity index (χ0) is 30.1. The van der Waals surface area contributed by atoms with Crippen molar-refractivity contribution in [2.45, 2.75) is 81.6 Å². The standard InChI is InChI=1S/C32H38N4O7/c1-19(34-31(40)32(41)12-13-32)28(22-8-6-21(7-9-22)20-4-5-20)43-25-10-11-26(33-16-25)29(38)35-24-3-2-14-36(17-24)30(39)23-15-27(37)42-18-23/h6-11,16,19-20,23-24,28,41H,2-5,12-15,17-18H2,1H3,(H,34,40)(H,35,38)/t19?,23-,24+,28?/m1/s1. The summed E-state index contributed by atoms with van der Waals surface area (Å²) in [7, 11) is 0. The number of esters is 1. The summed E-state index contributed by atoms with van der Waals surface area (Å²) < 4.78 is 11.3. The third kappa shape index (κ3) is 6.82. The van der Waals surface area contributed by atoms with E-state index >= 15 is 0 Å². The van der Waals surface area contributed by atoms with Crippen molar-refractivity contribution in [3.05, 3.63) is 59.4 Å². The van der Waals surface area contributed by atoms with E-state index in [-0.39, 0.29) is 42.5 Å². The maximum Gasteiger partial charge on any atom is 0.306 e. The molecule has 4 aliphatic rings. The SMILES string of the molecule is CC(NC(=O)C1(O)CC1)C(Oc1ccc(C(=O)N[C@H]2CCCN(C(=O)[C@H]3COC(=O)C3)C2)nc1)c1ccc(C2CC2)cc1. The summed E-state index contributed by atoms with van der Waals surface area (Å²) in [6, 6.07) is 10.8. The number of rotatable bonds is 10. The molecule has 4 fully saturated rings. The number of pyridine rings is 1. The van der Waals surface area contributed by atoms with Crippen LogP contribution in [0.15, 0.2) is 42.6 Å². The van der Waals surface area contributed by atoms with Crippen LogP contribution in [-0.2, 0) is 19.1 Å². The molecule has 11 nitrogen and oxygen atoms in total. The van der Waals surface area contributed by atoms with Crippen LogP contribution in [0.25, 0.3) is 0 Å². The molecule has 4 atom stereocenters. The Bertz CT molecular complexity index is 1370. The molecule has 43 heavy (non-hydrogen) atoms. The average molecular weight is 591 g/mol. The first-order valence-corrected chi connectivity index (χ1v) is 15.2. The number of nitrogens with zero attached hydrogens (tertiary/aromatic N) is 2. The van der Waals surface area contributed by atoms with E-state index in [1.807, 2.05) is 19.1 Å². The fourth-order valence-corrected chi connectivity index (χ4v) is 5.81. The van der Waals surface area contributed by atoms with Gasteiger partial charge in [-0.25, -0.2) is 4.98 Å². The van der Waals surface area contributed by atoms with E-state index in [4.69, 9.17) is 9.47 Å². The zero-order valence-electron chi connectivity index (χ0n) is 24.3. The molecule has 2 unspecified atom stereocenters. The third-order valence-electron chi connectivity index (χ3n) is 8.78. The number of ether oxygens (including phenoxy) is 2. The normalized spacial score (nSPS) is 24.0. The quantitative estimate of drug-likeness (QED) is 0.358. The lowest BCUT2D eigenvalue weighted by Crippen LogP contribution is -2.51. The van der Waals surface area contributed by atoms with Crippen molar-refractivity contribution in [2.24, 2.45) is 5.92 Å². The van der Waals surface area contributed by atoms with Crippen molar-refractivity contribution in [3.8, 4) is 5.75 Å². The van der Waals surface area contributed by atoms with Crippen LogP contribution in [0.2, 0.25) is 0 Å². The molecule has 2 saturated carbocycles. The molecule has 2 aliphatic heterocycles. The topological polar surface area (TPSA) is 147 Å². The van der Waals surface area contributed by atoms with Gasteiger partial charge in [-0.3, -0.25) is 19.2 Å². The van der Waals surface area contributed by atoms with Crippen LogP contribution >= 0.6 is 0 Å². The highest BCUT2D eigenvalue weighted by molar-refractivity contribution is 5.92. The smallest absolute Gasteiger partial charge is 0.306 e. The van der Waals surface area contributed by atoms with Crippen molar-refractivity contribution in [3.63, 3.8) is 0 Å². The van der Waals surface area contributed by atoms with E-state index in [1.54, 1.807) is 17.0 Å². The van der Waals surface area contributed by atoms with Gasteiger partial charge in [0.1, 0.15) is 29.8 Å². The molecule has 3 N–H and O–H groups in total. The molecular weight excluding hydrogens is 552 g/mol. The Hall–Kier alpha value is -3.99. The number of benzene rings is 1. The Balaban J connectivity index is 1.09. The monoisotopic (exact) mass is 590 g/mol. The highest BCUT2D eigenvalue weighted by Crippen LogP contribution is 2.40. The van der Waals surface area contributed by atoms with Gasteiger partial charge in [-0.1, -0.05) is 24.3 Å². The van der Waals surface area contributed by atoms with Crippen molar-refractivity contribution in [2.75, 3.05) is 19.7 Å². The Kier molecular flexibility index (Phi) is 8.09. The molecule has 6 rings (SSSR count). The van der Waals surface area contributed by atoms with E-state index in [1.165, 1.54) is 24.6 Å². The largest absolute Gasteiger partial charge is 0.482 e. The van der Waals surface area contributed by atoms with Crippen molar-refractivity contribution in [1.82, 2.24) is 20.5 Å². The number of nitrogens with one attached hydrogen (secondary N) is 2. The van der Waals surface area contributed by atoms with Gasteiger partial charge in [0.05, 0.1) is 24.6 Å². The Morgan fingerprint density at radius 1 is 1.12 bits per heavy atom. The minimum atomic E-state index is -1.29. The van der Waals surface area contributed by atoms with Crippen LogP contribution in [-0.4, -0.2) is 76.1 Å². The summed E-state index contributed by atoms with van der Waals surface area (Å²) >= 11 is 0. The van der Waals surface area contributed by atoms with Gasteiger partial charge in [0.25, 0.3) is 11.8 Å². The van der Waals surface area contributed by atoms with Gasteiger partial charge < -0.3 is 30.1 Å². The highest BCUT2D eigenvalue weighted by atomic mass is 16.5. The third-order valence-corrected chi connectivity index (χ3v) is 8.78. The van der Waals surface area contributed by atoms with Crippen LogP contribution in [0, 0.1) is 5.92 Å². The van der Waals surface area contributed by atoms with E-state index in [2.05, 4.69) is 27.8 Å². The number of carbonyl (C=O) groups is 4. The Morgan fingerprint density at radius 3 is 2.51 bits per heavy atom. The van der Waals surface area contributed by atoms with E-state index < -0.39 is 29.6 Å². The number of hydrogen-bond acceptors (Lipinski definition) is 8. The lowest BCUT2D eigenvalue weighted by Gasteiger charge is -2.34. The second-order valence-corrected chi connectivity index (χ2v) is 12.3. The van der Waals surface area contributed by atoms with Crippen LogP contribution < -0.4 is 15.4 Å². The lowest BCUT2D eigenvalue weighted by atomic mass is 10.00. The summed E-state index contributed by atoms with van der Waals surface area (Å²) in [5.41, 5.74) is 1.09. The van der Waals surface area contributed by atoms with Crippen molar-refractivity contribution in [1.29, 1.82) is 0 Å². The first-order chi connectivity index (χ1) is 20.7. The summed E-state index contributed by atoms with van der Waals surface area (Å²) in [6.07, 6.45) is 5.81. The van der Waals surface area contributed by atoms with Gasteiger partial charge in [0, 0.05) is 19.1 Å². The minimum Gasteiger partial charge on any atom is -0.482 e. The molecule has 0 bridgehead atoms. The average Bonchev–Trinajstić information content (AvgIpc) is 3.95. The second-order valence-electron chi connectivity index (χ2n) is 12.3. The molecule has 1 aromatic heterocycles. The fraction of sp³-hybridized carbons (Fsp3) is 0.531.